The van der Waals surface area contributed by atoms with Gasteiger partial charge in [0.15, 0.2) is 0 Å². The number of hydrogen-bond acceptors (Lipinski definition) is 1. The fourth-order valence-electron chi connectivity index (χ4n) is 7.85. The standard InChI is InChI=1S/C43H28N2/c1-2-39-44-37-14-3-4-15-38(37)45(39)32-22-20-26(21-23-32)31-24-30-19-18-29-9-6-12-34-33-11-5-8-27-16-17-28-10-7-13-35(42(28)40(27)33)36(25-31)43(30)41(29)34/h3-25H,2H2,1H3. The van der Waals surface area contributed by atoms with E-state index >= 15 is 0 Å². The Morgan fingerprint density at radius 1 is 0.467 bits per heavy atom. The van der Waals surface area contributed by atoms with E-state index in [-0.39, 0.29) is 0 Å². The second-order valence-electron chi connectivity index (χ2n) is 12.2. The Hall–Kier alpha value is -5.73. The Balaban J connectivity index is 1.30. The second-order valence-corrected chi connectivity index (χ2v) is 12.2. The molecule has 0 aliphatic heterocycles. The van der Waals surface area contributed by atoms with Crippen molar-refractivity contribution in [2.75, 3.05) is 0 Å². The lowest BCUT2D eigenvalue weighted by Crippen LogP contribution is -1.99. The highest BCUT2D eigenvalue weighted by Gasteiger charge is 2.17. The lowest BCUT2D eigenvalue weighted by molar-refractivity contribution is 0.908. The quantitative estimate of drug-likeness (QED) is 0.193. The SMILES string of the molecule is CCc1nc2ccccc2n1-c1ccc(-c2cc3ccc4cccc5c6cccc7ccc8cccc(c(c2)c3c45)c8c76)cc1. The van der Waals surface area contributed by atoms with E-state index in [0.29, 0.717) is 0 Å². The summed E-state index contributed by atoms with van der Waals surface area (Å²) < 4.78 is 2.30. The van der Waals surface area contributed by atoms with Crippen LogP contribution in [0.1, 0.15) is 12.7 Å². The molecule has 0 saturated carbocycles. The second kappa shape index (κ2) is 9.14. The van der Waals surface area contributed by atoms with Crippen molar-refractivity contribution in [1.82, 2.24) is 9.55 Å². The molecular formula is C43H28N2. The summed E-state index contributed by atoms with van der Waals surface area (Å²) in [5.74, 6) is 1.08. The summed E-state index contributed by atoms with van der Waals surface area (Å²) in [6.07, 6.45) is 0.877. The number of nitrogens with zero attached hydrogens (tertiary/aromatic N) is 2. The van der Waals surface area contributed by atoms with Crippen molar-refractivity contribution in [2.45, 2.75) is 13.3 Å². The summed E-state index contributed by atoms with van der Waals surface area (Å²) >= 11 is 0. The normalized spacial score (nSPS) is 12.2. The first-order valence-electron chi connectivity index (χ1n) is 15.8. The molecule has 0 aliphatic carbocycles. The summed E-state index contributed by atoms with van der Waals surface area (Å²) in [5.41, 5.74) is 5.76. The third kappa shape index (κ3) is 3.42. The molecule has 0 unspecified atom stereocenters. The first-order valence-corrected chi connectivity index (χ1v) is 15.8. The number of para-hydroxylation sites is 2. The fourth-order valence-corrected chi connectivity index (χ4v) is 7.85. The molecule has 2 nitrogen and oxygen atoms in total. The minimum atomic E-state index is 0.877. The van der Waals surface area contributed by atoms with E-state index in [2.05, 4.69) is 151 Å². The zero-order valence-electron chi connectivity index (χ0n) is 24.9. The van der Waals surface area contributed by atoms with E-state index in [1.807, 2.05) is 0 Å². The van der Waals surface area contributed by atoms with Gasteiger partial charge in [-0.15, -0.1) is 0 Å². The predicted molar refractivity (Wildman–Crippen MR) is 192 cm³/mol. The molecule has 0 bridgehead atoms. The fraction of sp³-hybridized carbons (Fsp3) is 0.0465. The lowest BCUT2D eigenvalue weighted by Gasteiger charge is -2.17. The molecular weight excluding hydrogens is 544 g/mol. The van der Waals surface area contributed by atoms with Crippen LogP contribution in [-0.2, 0) is 6.42 Å². The first-order chi connectivity index (χ1) is 22.3. The van der Waals surface area contributed by atoms with Crippen molar-refractivity contribution in [3.05, 3.63) is 145 Å². The lowest BCUT2D eigenvalue weighted by atomic mass is 9.86. The number of aryl methyl sites for hydroxylation is 1. The molecule has 0 radical (unpaired) electrons. The van der Waals surface area contributed by atoms with E-state index in [9.17, 15) is 0 Å². The highest BCUT2D eigenvalue weighted by molar-refractivity contribution is 6.37. The van der Waals surface area contributed by atoms with Crippen LogP contribution in [0.4, 0.5) is 0 Å². The molecule has 45 heavy (non-hydrogen) atoms. The van der Waals surface area contributed by atoms with Crippen LogP contribution in [0.3, 0.4) is 0 Å². The maximum Gasteiger partial charge on any atom is 0.114 e. The number of hydrogen-bond donors (Lipinski definition) is 0. The Morgan fingerprint density at radius 3 is 1.64 bits per heavy atom. The number of imidazole rings is 1. The number of aromatic nitrogens is 2. The van der Waals surface area contributed by atoms with Gasteiger partial charge in [0.05, 0.1) is 11.0 Å². The largest absolute Gasteiger partial charge is 0.296 e. The van der Waals surface area contributed by atoms with Gasteiger partial charge in [-0.1, -0.05) is 110 Å². The highest BCUT2D eigenvalue weighted by atomic mass is 15.1. The minimum Gasteiger partial charge on any atom is -0.296 e. The maximum absolute atomic E-state index is 4.91. The predicted octanol–water partition coefficient (Wildman–Crippen LogP) is 11.6. The van der Waals surface area contributed by atoms with Crippen LogP contribution < -0.4 is 0 Å². The van der Waals surface area contributed by atoms with E-state index in [4.69, 9.17) is 4.98 Å². The van der Waals surface area contributed by atoms with Gasteiger partial charge in [-0.25, -0.2) is 4.98 Å². The topological polar surface area (TPSA) is 17.8 Å². The zero-order chi connectivity index (χ0) is 29.6. The van der Waals surface area contributed by atoms with Gasteiger partial charge in [0.1, 0.15) is 5.82 Å². The van der Waals surface area contributed by atoms with Crippen molar-refractivity contribution in [3.8, 4) is 16.8 Å². The third-order valence-corrected chi connectivity index (χ3v) is 9.83. The van der Waals surface area contributed by atoms with E-state index < -0.39 is 0 Å². The van der Waals surface area contributed by atoms with Crippen LogP contribution in [0.15, 0.2) is 140 Å². The molecule has 0 spiro atoms. The maximum atomic E-state index is 4.91. The van der Waals surface area contributed by atoms with Crippen molar-refractivity contribution >= 4 is 75.7 Å². The van der Waals surface area contributed by atoms with Gasteiger partial charge >= 0.3 is 0 Å². The molecule has 10 aromatic rings. The van der Waals surface area contributed by atoms with Gasteiger partial charge in [0.25, 0.3) is 0 Å². The summed E-state index contributed by atoms with van der Waals surface area (Å²) in [7, 11) is 0. The van der Waals surface area contributed by atoms with Crippen molar-refractivity contribution in [2.24, 2.45) is 0 Å². The van der Waals surface area contributed by atoms with E-state index in [1.165, 1.54) is 75.8 Å². The van der Waals surface area contributed by atoms with Crippen LogP contribution >= 0.6 is 0 Å². The molecule has 0 N–H and O–H groups in total. The molecule has 1 heterocycles. The molecule has 2 heteroatoms. The smallest absolute Gasteiger partial charge is 0.114 e. The Labute approximate surface area is 260 Å². The molecule has 0 saturated heterocycles. The Morgan fingerprint density at radius 2 is 1.02 bits per heavy atom. The van der Waals surface area contributed by atoms with Gasteiger partial charge in [-0.05, 0) is 112 Å². The van der Waals surface area contributed by atoms with Gasteiger partial charge in [-0.3, -0.25) is 4.57 Å². The molecule has 210 valence electrons. The number of fused-ring (bicyclic) bond motifs is 3. The molecule has 10 rings (SSSR count). The number of benzene rings is 8. The van der Waals surface area contributed by atoms with Crippen LogP contribution in [0.2, 0.25) is 0 Å². The highest BCUT2D eigenvalue weighted by Crippen LogP contribution is 2.44. The van der Waals surface area contributed by atoms with Crippen LogP contribution in [0.25, 0.3) is 92.5 Å². The van der Waals surface area contributed by atoms with Crippen LogP contribution in [-0.4, -0.2) is 9.55 Å². The monoisotopic (exact) mass is 572 g/mol. The molecule has 0 aliphatic rings. The average Bonchev–Trinajstić information content (AvgIpc) is 3.48. The summed E-state index contributed by atoms with van der Waals surface area (Å²) in [6.45, 7) is 2.17. The molecule has 9 aromatic carbocycles. The third-order valence-electron chi connectivity index (χ3n) is 9.83. The van der Waals surface area contributed by atoms with E-state index in [1.54, 1.807) is 0 Å². The molecule has 0 amide bonds. The molecule has 0 atom stereocenters. The number of rotatable bonds is 3. The zero-order valence-corrected chi connectivity index (χ0v) is 24.9. The molecule has 0 fully saturated rings. The van der Waals surface area contributed by atoms with Gasteiger partial charge in [-0.2, -0.15) is 0 Å². The summed E-state index contributed by atoms with van der Waals surface area (Å²) in [4.78, 5) is 4.91. The van der Waals surface area contributed by atoms with Gasteiger partial charge in [0.2, 0.25) is 0 Å². The van der Waals surface area contributed by atoms with Crippen molar-refractivity contribution in [1.29, 1.82) is 0 Å². The minimum absolute atomic E-state index is 0.877. The Bertz CT molecular complexity index is 2780. The first kappa shape index (κ1) is 24.7. The average molecular weight is 573 g/mol. The Kier molecular flexibility index (Phi) is 5.01. The summed E-state index contributed by atoms with van der Waals surface area (Å²) in [5, 5.41) is 15.7. The van der Waals surface area contributed by atoms with Crippen LogP contribution in [0.5, 0.6) is 0 Å². The van der Waals surface area contributed by atoms with Gasteiger partial charge < -0.3 is 0 Å². The van der Waals surface area contributed by atoms with Crippen molar-refractivity contribution < 1.29 is 0 Å². The van der Waals surface area contributed by atoms with Gasteiger partial charge in [0, 0.05) is 12.1 Å². The molecule has 1 aromatic heterocycles. The summed E-state index contributed by atoms with van der Waals surface area (Å²) in [6, 6.07) is 51.7. The van der Waals surface area contributed by atoms with Crippen LogP contribution in [0, 0.1) is 0 Å². The van der Waals surface area contributed by atoms with E-state index in [0.717, 1.165) is 29.0 Å². The van der Waals surface area contributed by atoms with Crippen molar-refractivity contribution in [3.63, 3.8) is 0 Å².